The largest absolute Gasteiger partial charge is 0.435 e. The minimum atomic E-state index is -0.426. The SMILES string of the molecule is Cc1sc2ncnc(Oc3cc(Br)ccc3F)c2c1C. The van der Waals surface area contributed by atoms with Gasteiger partial charge in [-0.15, -0.1) is 11.3 Å². The summed E-state index contributed by atoms with van der Waals surface area (Å²) in [5, 5.41) is 0.842. The summed E-state index contributed by atoms with van der Waals surface area (Å²) in [6.45, 7) is 4.01. The van der Waals surface area contributed by atoms with Crippen LogP contribution in [0.25, 0.3) is 10.2 Å². The van der Waals surface area contributed by atoms with Gasteiger partial charge >= 0.3 is 0 Å². The van der Waals surface area contributed by atoms with Crippen LogP contribution in [0.15, 0.2) is 29.0 Å². The van der Waals surface area contributed by atoms with Gasteiger partial charge in [-0.05, 0) is 37.6 Å². The first kappa shape index (κ1) is 13.5. The Bertz CT molecular complexity index is 803. The maximum absolute atomic E-state index is 13.8. The number of fused-ring (bicyclic) bond motifs is 1. The first-order valence-electron chi connectivity index (χ1n) is 5.90. The van der Waals surface area contributed by atoms with Crippen LogP contribution >= 0.6 is 27.3 Å². The second-order valence-electron chi connectivity index (χ2n) is 4.32. The van der Waals surface area contributed by atoms with Crippen LogP contribution in [0, 0.1) is 19.7 Å². The third kappa shape index (κ3) is 2.29. The highest BCUT2D eigenvalue weighted by Gasteiger charge is 2.15. The Kier molecular flexibility index (Phi) is 3.43. The fourth-order valence-corrected chi connectivity index (χ4v) is 3.21. The van der Waals surface area contributed by atoms with Crippen LogP contribution in [0.5, 0.6) is 11.6 Å². The Morgan fingerprint density at radius 3 is 2.85 bits per heavy atom. The minimum absolute atomic E-state index is 0.141. The molecule has 3 rings (SSSR count). The topological polar surface area (TPSA) is 35.0 Å². The minimum Gasteiger partial charge on any atom is -0.435 e. The zero-order valence-electron chi connectivity index (χ0n) is 10.8. The molecule has 2 heterocycles. The lowest BCUT2D eigenvalue weighted by atomic mass is 10.2. The third-order valence-corrected chi connectivity index (χ3v) is 4.64. The van der Waals surface area contributed by atoms with E-state index in [1.54, 1.807) is 23.5 Å². The van der Waals surface area contributed by atoms with Crippen LogP contribution in [0.2, 0.25) is 0 Å². The van der Waals surface area contributed by atoms with Gasteiger partial charge in [0.15, 0.2) is 11.6 Å². The van der Waals surface area contributed by atoms with Gasteiger partial charge < -0.3 is 4.74 Å². The summed E-state index contributed by atoms with van der Waals surface area (Å²) < 4.78 is 20.2. The molecule has 0 saturated carbocycles. The molecule has 0 fully saturated rings. The van der Waals surface area contributed by atoms with Gasteiger partial charge in [0, 0.05) is 9.35 Å². The Morgan fingerprint density at radius 2 is 2.05 bits per heavy atom. The van der Waals surface area contributed by atoms with E-state index in [-0.39, 0.29) is 5.75 Å². The molecule has 0 aliphatic carbocycles. The molecule has 1 aromatic carbocycles. The summed E-state index contributed by atoms with van der Waals surface area (Å²) >= 11 is 4.88. The molecule has 0 saturated heterocycles. The lowest BCUT2D eigenvalue weighted by molar-refractivity contribution is 0.431. The van der Waals surface area contributed by atoms with E-state index in [2.05, 4.69) is 25.9 Å². The fourth-order valence-electron chi connectivity index (χ4n) is 1.89. The molecule has 0 aliphatic rings. The van der Waals surface area contributed by atoms with Gasteiger partial charge in [-0.25, -0.2) is 14.4 Å². The van der Waals surface area contributed by atoms with Gasteiger partial charge in [-0.1, -0.05) is 15.9 Å². The van der Waals surface area contributed by atoms with Gasteiger partial charge in [0.05, 0.1) is 5.39 Å². The number of ether oxygens (including phenoxy) is 1. The highest BCUT2D eigenvalue weighted by Crippen LogP contribution is 2.36. The Hall–Kier alpha value is -1.53. The van der Waals surface area contributed by atoms with Crippen molar-refractivity contribution in [1.82, 2.24) is 9.97 Å². The summed E-state index contributed by atoms with van der Waals surface area (Å²) in [5.41, 5.74) is 1.07. The van der Waals surface area contributed by atoms with E-state index in [4.69, 9.17) is 4.74 Å². The molecule has 2 aromatic heterocycles. The summed E-state index contributed by atoms with van der Waals surface area (Å²) in [6, 6.07) is 4.55. The summed E-state index contributed by atoms with van der Waals surface area (Å²) in [6.07, 6.45) is 1.43. The number of thiophene rings is 1. The molecule has 0 spiro atoms. The zero-order chi connectivity index (χ0) is 14.3. The van der Waals surface area contributed by atoms with Gasteiger partial charge in [-0.2, -0.15) is 0 Å². The number of aryl methyl sites for hydroxylation is 2. The maximum atomic E-state index is 13.8. The molecule has 0 atom stereocenters. The maximum Gasteiger partial charge on any atom is 0.231 e. The standard InChI is InChI=1S/C14H10BrFN2OS/c1-7-8(2)20-14-12(7)13(17-6-18-14)19-11-5-9(15)3-4-10(11)16/h3-6H,1-2H3. The lowest BCUT2D eigenvalue weighted by Crippen LogP contribution is -1.93. The van der Waals surface area contributed by atoms with Crippen molar-refractivity contribution < 1.29 is 9.13 Å². The molecular formula is C14H10BrFN2OS. The van der Waals surface area contributed by atoms with Crippen molar-refractivity contribution in [1.29, 1.82) is 0 Å². The Balaban J connectivity index is 2.13. The quantitative estimate of drug-likeness (QED) is 0.650. The average molecular weight is 353 g/mol. The number of hydrogen-bond acceptors (Lipinski definition) is 4. The number of hydrogen-bond donors (Lipinski definition) is 0. The lowest BCUT2D eigenvalue weighted by Gasteiger charge is -2.07. The molecule has 102 valence electrons. The van der Waals surface area contributed by atoms with Crippen LogP contribution in [-0.4, -0.2) is 9.97 Å². The molecule has 0 aliphatic heterocycles. The molecule has 0 N–H and O–H groups in total. The Labute approximate surface area is 127 Å². The molecule has 0 amide bonds. The Morgan fingerprint density at radius 1 is 1.25 bits per heavy atom. The van der Waals surface area contributed by atoms with Crippen LogP contribution in [0.3, 0.4) is 0 Å². The van der Waals surface area contributed by atoms with Crippen molar-refractivity contribution in [2.45, 2.75) is 13.8 Å². The molecule has 0 radical (unpaired) electrons. The number of halogens is 2. The van der Waals surface area contributed by atoms with Crippen LogP contribution < -0.4 is 4.74 Å². The average Bonchev–Trinajstić information content (AvgIpc) is 2.71. The van der Waals surface area contributed by atoms with E-state index < -0.39 is 5.82 Å². The first-order valence-corrected chi connectivity index (χ1v) is 7.51. The predicted octanol–water partition coefficient (Wildman–Crippen LogP) is 5.00. The van der Waals surface area contributed by atoms with Gasteiger partial charge in [-0.3, -0.25) is 0 Å². The summed E-state index contributed by atoms with van der Waals surface area (Å²) in [4.78, 5) is 10.4. The summed E-state index contributed by atoms with van der Waals surface area (Å²) in [5.74, 6) is 0.0982. The molecule has 0 unspecified atom stereocenters. The van der Waals surface area contributed by atoms with Gasteiger partial charge in [0.2, 0.25) is 5.88 Å². The monoisotopic (exact) mass is 352 g/mol. The van der Waals surface area contributed by atoms with Crippen molar-refractivity contribution in [3.8, 4) is 11.6 Å². The number of benzene rings is 1. The van der Waals surface area contributed by atoms with E-state index >= 15 is 0 Å². The molecule has 3 aromatic rings. The van der Waals surface area contributed by atoms with E-state index in [0.717, 1.165) is 25.1 Å². The molecule has 20 heavy (non-hydrogen) atoms. The molecular weight excluding hydrogens is 343 g/mol. The number of aromatic nitrogens is 2. The number of rotatable bonds is 2. The van der Waals surface area contributed by atoms with Gasteiger partial charge in [0.1, 0.15) is 11.2 Å². The fraction of sp³-hybridized carbons (Fsp3) is 0.143. The number of nitrogens with zero attached hydrogens (tertiary/aromatic N) is 2. The second kappa shape index (κ2) is 5.10. The van der Waals surface area contributed by atoms with Crippen molar-refractivity contribution >= 4 is 37.5 Å². The van der Waals surface area contributed by atoms with E-state index in [9.17, 15) is 4.39 Å². The van der Waals surface area contributed by atoms with Crippen molar-refractivity contribution in [2.24, 2.45) is 0 Å². The molecule has 3 nitrogen and oxygen atoms in total. The third-order valence-electron chi connectivity index (χ3n) is 3.03. The summed E-state index contributed by atoms with van der Waals surface area (Å²) in [7, 11) is 0. The molecule has 6 heteroatoms. The van der Waals surface area contributed by atoms with Crippen LogP contribution in [-0.2, 0) is 0 Å². The highest BCUT2D eigenvalue weighted by molar-refractivity contribution is 9.10. The second-order valence-corrected chi connectivity index (χ2v) is 6.44. The van der Waals surface area contributed by atoms with Crippen molar-refractivity contribution in [3.05, 3.63) is 45.3 Å². The van der Waals surface area contributed by atoms with E-state index in [1.165, 1.54) is 12.4 Å². The van der Waals surface area contributed by atoms with Crippen LogP contribution in [0.1, 0.15) is 10.4 Å². The van der Waals surface area contributed by atoms with E-state index in [0.29, 0.717) is 5.88 Å². The van der Waals surface area contributed by atoms with E-state index in [1.807, 2.05) is 13.8 Å². The van der Waals surface area contributed by atoms with Crippen LogP contribution in [0.4, 0.5) is 4.39 Å². The predicted molar refractivity (Wildman–Crippen MR) is 81.1 cm³/mol. The van der Waals surface area contributed by atoms with Gasteiger partial charge in [0.25, 0.3) is 0 Å². The highest BCUT2D eigenvalue weighted by atomic mass is 79.9. The van der Waals surface area contributed by atoms with Crippen molar-refractivity contribution in [3.63, 3.8) is 0 Å². The smallest absolute Gasteiger partial charge is 0.231 e. The first-order chi connectivity index (χ1) is 9.56. The van der Waals surface area contributed by atoms with Crippen molar-refractivity contribution in [2.75, 3.05) is 0 Å². The zero-order valence-corrected chi connectivity index (χ0v) is 13.2. The normalized spacial score (nSPS) is 11.0. The molecule has 0 bridgehead atoms.